The Morgan fingerprint density at radius 3 is 2.39 bits per heavy atom. The molecule has 0 atom stereocenters. The number of hydrogen-bond donors (Lipinski definition) is 1. The smallest absolute Gasteiger partial charge is 0.256 e. The lowest BCUT2D eigenvalue weighted by molar-refractivity contribution is -0.110. The monoisotopic (exact) mass is 415 g/mol. The van der Waals surface area contributed by atoms with Gasteiger partial charge in [0.05, 0.1) is 6.61 Å². The number of carbonyl (C=O) groups excluding carboxylic acids is 1. The largest absolute Gasteiger partial charge is 0.490 e. The fourth-order valence-corrected chi connectivity index (χ4v) is 3.47. The van der Waals surface area contributed by atoms with Gasteiger partial charge in [-0.2, -0.15) is 0 Å². The maximum absolute atomic E-state index is 12.4. The highest BCUT2D eigenvalue weighted by Crippen LogP contribution is 2.35. The maximum atomic E-state index is 12.4. The van der Waals surface area contributed by atoms with Gasteiger partial charge in [0.15, 0.2) is 11.5 Å². The number of rotatable bonds is 8. The molecular weight excluding hydrogens is 390 g/mol. The number of aryl methyl sites for hydroxylation is 1. The third-order valence-electron chi connectivity index (χ3n) is 4.98. The summed E-state index contributed by atoms with van der Waals surface area (Å²) in [5, 5.41) is 2.89. The quantitative estimate of drug-likeness (QED) is 0.398. The first-order chi connectivity index (χ1) is 15.2. The average molecular weight is 415 g/mol. The van der Waals surface area contributed by atoms with Gasteiger partial charge in [-0.3, -0.25) is 4.79 Å². The molecule has 0 radical (unpaired) electrons. The van der Waals surface area contributed by atoms with Crippen molar-refractivity contribution in [3.05, 3.63) is 83.4 Å². The van der Waals surface area contributed by atoms with Crippen LogP contribution in [0, 0.1) is 6.92 Å². The Bertz CT molecular complexity index is 1120. The molecule has 1 aliphatic rings. The molecule has 0 saturated carbocycles. The highest BCUT2D eigenvalue weighted by atomic mass is 16.5. The normalized spacial score (nSPS) is 13.6. The predicted octanol–water partition coefficient (Wildman–Crippen LogP) is 5.34. The Kier molecular flexibility index (Phi) is 6.22. The Morgan fingerprint density at radius 1 is 0.839 bits per heavy atom. The number of ether oxygens (including phenoxy) is 3. The molecule has 0 saturated heterocycles. The van der Waals surface area contributed by atoms with Crippen molar-refractivity contribution in [2.24, 2.45) is 0 Å². The van der Waals surface area contributed by atoms with Gasteiger partial charge in [-0.05, 0) is 55.3 Å². The number of carbonyl (C=O) groups is 1. The van der Waals surface area contributed by atoms with Crippen LogP contribution in [0.25, 0.3) is 11.6 Å². The topological polar surface area (TPSA) is 56.8 Å². The Labute approximate surface area is 182 Å². The minimum atomic E-state index is -0.104. The number of nitrogens with one attached hydrogen (secondary N) is 1. The summed E-state index contributed by atoms with van der Waals surface area (Å²) in [5.41, 5.74) is 4.33. The fourth-order valence-electron chi connectivity index (χ4n) is 3.47. The van der Waals surface area contributed by atoms with Crippen LogP contribution in [-0.4, -0.2) is 25.7 Å². The summed E-state index contributed by atoms with van der Waals surface area (Å²) >= 11 is 0. The van der Waals surface area contributed by atoms with Gasteiger partial charge in [0.25, 0.3) is 5.91 Å². The van der Waals surface area contributed by atoms with E-state index in [2.05, 4.69) is 5.32 Å². The molecule has 1 aliphatic heterocycles. The predicted molar refractivity (Wildman–Crippen MR) is 123 cm³/mol. The molecular formula is C26H25NO4. The highest BCUT2D eigenvalue weighted by Gasteiger charge is 2.23. The molecule has 1 amide bonds. The van der Waals surface area contributed by atoms with Crippen molar-refractivity contribution >= 4 is 23.2 Å². The van der Waals surface area contributed by atoms with E-state index in [0.717, 1.165) is 28.1 Å². The summed E-state index contributed by atoms with van der Waals surface area (Å²) in [6, 6.07) is 21.2. The van der Waals surface area contributed by atoms with E-state index < -0.39 is 0 Å². The molecule has 1 heterocycles. The first-order valence-corrected chi connectivity index (χ1v) is 10.4. The van der Waals surface area contributed by atoms with Crippen molar-refractivity contribution < 1.29 is 19.0 Å². The zero-order valence-electron chi connectivity index (χ0n) is 17.7. The van der Waals surface area contributed by atoms with Gasteiger partial charge in [-0.15, -0.1) is 0 Å². The van der Waals surface area contributed by atoms with Gasteiger partial charge < -0.3 is 19.5 Å². The van der Waals surface area contributed by atoms with Crippen molar-refractivity contribution in [3.63, 3.8) is 0 Å². The van der Waals surface area contributed by atoms with E-state index in [1.165, 1.54) is 0 Å². The lowest BCUT2D eigenvalue weighted by atomic mass is 10.0. The van der Waals surface area contributed by atoms with E-state index in [1.54, 1.807) is 0 Å². The van der Waals surface area contributed by atoms with E-state index in [1.807, 2.05) is 86.7 Å². The summed E-state index contributed by atoms with van der Waals surface area (Å²) < 4.78 is 17.5. The van der Waals surface area contributed by atoms with E-state index >= 15 is 0 Å². The van der Waals surface area contributed by atoms with Crippen LogP contribution in [0.15, 0.2) is 66.7 Å². The second-order valence-electron chi connectivity index (χ2n) is 7.16. The van der Waals surface area contributed by atoms with Crippen LogP contribution < -0.4 is 19.5 Å². The van der Waals surface area contributed by atoms with Gasteiger partial charge in [0.2, 0.25) is 0 Å². The van der Waals surface area contributed by atoms with E-state index in [-0.39, 0.29) is 5.91 Å². The fraction of sp³-hybridized carbons (Fsp3) is 0.192. The third kappa shape index (κ3) is 4.72. The van der Waals surface area contributed by atoms with Crippen LogP contribution in [0.4, 0.5) is 5.69 Å². The van der Waals surface area contributed by atoms with E-state index in [9.17, 15) is 4.79 Å². The van der Waals surface area contributed by atoms with Crippen molar-refractivity contribution in [3.8, 4) is 17.2 Å². The second kappa shape index (κ2) is 9.39. The molecule has 0 fully saturated rings. The molecule has 3 aromatic carbocycles. The molecule has 0 aliphatic carbocycles. The first kappa shape index (κ1) is 20.5. The summed E-state index contributed by atoms with van der Waals surface area (Å²) in [6.07, 6.45) is 1.87. The molecule has 158 valence electrons. The number of benzene rings is 3. The number of hydrogen-bond acceptors (Lipinski definition) is 4. The highest BCUT2D eigenvalue weighted by molar-refractivity contribution is 6.34. The van der Waals surface area contributed by atoms with Crippen LogP contribution in [0.1, 0.15) is 23.6 Å². The molecule has 3 aromatic rings. The number of anilines is 1. The SMILES string of the molecule is CCOc1cc(/C=C2/C(=O)Nc3ccccc32)ccc1OCCOc1ccccc1C. The lowest BCUT2D eigenvalue weighted by Crippen LogP contribution is -2.10. The Hall–Kier alpha value is -3.73. The molecule has 0 unspecified atom stereocenters. The first-order valence-electron chi connectivity index (χ1n) is 10.4. The van der Waals surface area contributed by atoms with Gasteiger partial charge in [-0.25, -0.2) is 0 Å². The molecule has 0 spiro atoms. The molecule has 0 bridgehead atoms. The minimum Gasteiger partial charge on any atom is -0.490 e. The van der Waals surface area contributed by atoms with E-state index in [0.29, 0.717) is 36.9 Å². The van der Waals surface area contributed by atoms with Gasteiger partial charge in [0.1, 0.15) is 19.0 Å². The third-order valence-corrected chi connectivity index (χ3v) is 4.98. The van der Waals surface area contributed by atoms with Crippen molar-refractivity contribution in [1.82, 2.24) is 0 Å². The second-order valence-corrected chi connectivity index (χ2v) is 7.16. The summed E-state index contributed by atoms with van der Waals surface area (Å²) in [5.74, 6) is 2.04. The van der Waals surface area contributed by atoms with Crippen molar-refractivity contribution in [2.45, 2.75) is 13.8 Å². The number of amides is 1. The molecule has 4 rings (SSSR count). The van der Waals surface area contributed by atoms with Crippen LogP contribution in [0.2, 0.25) is 0 Å². The standard InChI is InChI=1S/C26H25NO4/c1-3-29-25-17-19(16-21-20-9-5-6-10-22(20)27-26(21)28)12-13-24(25)31-15-14-30-23-11-7-4-8-18(23)2/h4-13,16-17H,3,14-15H2,1-2H3,(H,27,28)/b21-16+. The lowest BCUT2D eigenvalue weighted by Gasteiger charge is -2.14. The van der Waals surface area contributed by atoms with E-state index in [4.69, 9.17) is 14.2 Å². The zero-order chi connectivity index (χ0) is 21.6. The number of fused-ring (bicyclic) bond motifs is 1. The molecule has 31 heavy (non-hydrogen) atoms. The maximum Gasteiger partial charge on any atom is 0.256 e. The Balaban J connectivity index is 1.47. The van der Waals surface area contributed by atoms with Gasteiger partial charge in [0, 0.05) is 16.8 Å². The summed E-state index contributed by atoms with van der Waals surface area (Å²) in [6.45, 7) is 5.28. The van der Waals surface area contributed by atoms with Crippen LogP contribution >= 0.6 is 0 Å². The molecule has 1 N–H and O–H groups in total. The van der Waals surface area contributed by atoms with Crippen molar-refractivity contribution in [2.75, 3.05) is 25.1 Å². The Morgan fingerprint density at radius 2 is 1.58 bits per heavy atom. The van der Waals surface area contributed by atoms with Crippen LogP contribution in [0.5, 0.6) is 17.2 Å². The number of para-hydroxylation sites is 2. The van der Waals surface area contributed by atoms with Crippen LogP contribution in [0.3, 0.4) is 0 Å². The average Bonchev–Trinajstić information content (AvgIpc) is 3.09. The van der Waals surface area contributed by atoms with Gasteiger partial charge >= 0.3 is 0 Å². The zero-order valence-corrected chi connectivity index (χ0v) is 17.7. The minimum absolute atomic E-state index is 0.104. The summed E-state index contributed by atoms with van der Waals surface area (Å²) in [7, 11) is 0. The van der Waals surface area contributed by atoms with Crippen LogP contribution in [-0.2, 0) is 4.79 Å². The summed E-state index contributed by atoms with van der Waals surface area (Å²) in [4.78, 5) is 12.4. The molecule has 5 heteroatoms. The molecule has 0 aromatic heterocycles. The molecule has 5 nitrogen and oxygen atoms in total. The van der Waals surface area contributed by atoms with Gasteiger partial charge in [-0.1, -0.05) is 42.5 Å². The van der Waals surface area contributed by atoms with Crippen molar-refractivity contribution in [1.29, 1.82) is 0 Å².